The Bertz CT molecular complexity index is 1280. The smallest absolute Gasteiger partial charge is 0.337 e. The molecular formula is C21H17N3O4. The Morgan fingerprint density at radius 1 is 1.14 bits per heavy atom. The number of fused-ring (bicyclic) bond motifs is 1. The molecule has 0 atom stereocenters. The quantitative estimate of drug-likeness (QED) is 0.536. The molecule has 0 unspecified atom stereocenters. The van der Waals surface area contributed by atoms with E-state index in [2.05, 4.69) is 11.7 Å². The van der Waals surface area contributed by atoms with Gasteiger partial charge in [0.25, 0.3) is 5.56 Å². The van der Waals surface area contributed by atoms with Crippen LogP contribution in [0, 0.1) is 0 Å². The first-order valence-electron chi connectivity index (χ1n) is 8.58. The molecule has 0 bridgehead atoms. The van der Waals surface area contributed by atoms with Crippen molar-refractivity contribution in [1.82, 2.24) is 14.3 Å². The number of rotatable bonds is 5. The van der Waals surface area contributed by atoms with Gasteiger partial charge in [0.05, 0.1) is 19.0 Å². The monoisotopic (exact) mass is 375 g/mol. The van der Waals surface area contributed by atoms with Crippen LogP contribution in [0.3, 0.4) is 0 Å². The van der Waals surface area contributed by atoms with E-state index >= 15 is 0 Å². The molecule has 2 heterocycles. The number of benzene rings is 2. The molecule has 0 radical (unpaired) electrons. The first-order chi connectivity index (χ1) is 13.6. The highest BCUT2D eigenvalue weighted by molar-refractivity contribution is 5.86. The molecule has 0 N–H and O–H groups in total. The molecule has 0 spiro atoms. The third-order valence-electron chi connectivity index (χ3n) is 4.51. The summed E-state index contributed by atoms with van der Waals surface area (Å²) in [5.74, 6) is 1.03. The molecule has 0 aliphatic rings. The van der Waals surface area contributed by atoms with E-state index in [1.165, 1.54) is 16.8 Å². The molecule has 140 valence electrons. The number of nitrogens with zero attached hydrogens (tertiary/aromatic N) is 3. The maximum atomic E-state index is 13.0. The highest BCUT2D eigenvalue weighted by Gasteiger charge is 2.14. The minimum absolute atomic E-state index is 0.135. The predicted molar refractivity (Wildman–Crippen MR) is 106 cm³/mol. The van der Waals surface area contributed by atoms with Crippen molar-refractivity contribution < 1.29 is 9.26 Å². The summed E-state index contributed by atoms with van der Waals surface area (Å²) in [5, 5.41) is 4.69. The van der Waals surface area contributed by atoms with E-state index < -0.39 is 11.2 Å². The Balaban J connectivity index is 1.82. The van der Waals surface area contributed by atoms with Crippen LogP contribution >= 0.6 is 0 Å². The van der Waals surface area contributed by atoms with E-state index in [9.17, 15) is 9.59 Å². The van der Waals surface area contributed by atoms with E-state index in [0.717, 1.165) is 15.7 Å². The summed E-state index contributed by atoms with van der Waals surface area (Å²) in [4.78, 5) is 25.3. The number of hydrogen-bond donors (Lipinski definition) is 0. The van der Waals surface area contributed by atoms with Gasteiger partial charge in [-0.1, -0.05) is 36.0 Å². The van der Waals surface area contributed by atoms with Gasteiger partial charge >= 0.3 is 5.69 Å². The SMILES string of the molecule is C=Cc1ccc2onc(-n3ccc(=O)n(Cc4ccc(OC)cc4)c3=O)c2c1. The Kier molecular flexibility index (Phi) is 4.41. The molecule has 0 aliphatic heterocycles. The summed E-state index contributed by atoms with van der Waals surface area (Å²) < 4.78 is 12.9. The lowest BCUT2D eigenvalue weighted by Gasteiger charge is -2.09. The molecule has 4 rings (SSSR count). The van der Waals surface area contributed by atoms with Gasteiger partial charge in [0.2, 0.25) is 0 Å². The first-order valence-corrected chi connectivity index (χ1v) is 8.58. The van der Waals surface area contributed by atoms with Crippen molar-refractivity contribution in [1.29, 1.82) is 0 Å². The standard InChI is InChI=1S/C21H17N3O4/c1-3-14-6-9-18-17(12-14)20(22-28-18)23-11-10-19(25)24(21(23)26)13-15-4-7-16(27-2)8-5-15/h3-12H,1,13H2,2H3. The summed E-state index contributed by atoms with van der Waals surface area (Å²) in [7, 11) is 1.58. The molecule has 7 heteroatoms. The van der Waals surface area contributed by atoms with Crippen LogP contribution in [0.1, 0.15) is 11.1 Å². The molecule has 0 aliphatic carbocycles. The van der Waals surface area contributed by atoms with Gasteiger partial charge in [-0.2, -0.15) is 0 Å². The summed E-state index contributed by atoms with van der Waals surface area (Å²) in [6.45, 7) is 3.89. The zero-order valence-corrected chi connectivity index (χ0v) is 15.2. The number of ether oxygens (including phenoxy) is 1. The van der Waals surface area contributed by atoms with Gasteiger partial charge in [-0.05, 0) is 35.4 Å². The Labute approximate surface area is 159 Å². The maximum absolute atomic E-state index is 13.0. The molecule has 7 nitrogen and oxygen atoms in total. The van der Waals surface area contributed by atoms with Gasteiger partial charge in [-0.15, -0.1) is 0 Å². The molecule has 4 aromatic rings. The van der Waals surface area contributed by atoms with Crippen LogP contribution in [0.25, 0.3) is 22.9 Å². The molecule has 2 aromatic heterocycles. The van der Waals surface area contributed by atoms with E-state index in [-0.39, 0.29) is 6.54 Å². The molecule has 0 amide bonds. The van der Waals surface area contributed by atoms with E-state index in [4.69, 9.17) is 9.26 Å². The van der Waals surface area contributed by atoms with Gasteiger partial charge < -0.3 is 9.26 Å². The van der Waals surface area contributed by atoms with Crippen LogP contribution in [-0.4, -0.2) is 21.4 Å². The van der Waals surface area contributed by atoms with Crippen molar-refractivity contribution >= 4 is 17.0 Å². The highest BCUT2D eigenvalue weighted by atomic mass is 16.5. The van der Waals surface area contributed by atoms with Crippen molar-refractivity contribution in [2.45, 2.75) is 6.54 Å². The summed E-state index contributed by atoms with van der Waals surface area (Å²) in [6, 6.07) is 14.0. The fourth-order valence-electron chi connectivity index (χ4n) is 2.98. The van der Waals surface area contributed by atoms with Crippen molar-refractivity contribution in [2.75, 3.05) is 7.11 Å². The first kappa shape index (κ1) is 17.5. The fraction of sp³-hybridized carbons (Fsp3) is 0.0952. The van der Waals surface area contributed by atoms with Crippen molar-refractivity contribution in [3.05, 3.63) is 93.3 Å². The zero-order valence-electron chi connectivity index (χ0n) is 15.2. The second-order valence-corrected chi connectivity index (χ2v) is 6.21. The van der Waals surface area contributed by atoms with E-state index in [1.54, 1.807) is 31.4 Å². The van der Waals surface area contributed by atoms with Gasteiger partial charge in [0, 0.05) is 12.3 Å². The van der Waals surface area contributed by atoms with Crippen molar-refractivity contribution in [3.63, 3.8) is 0 Å². The maximum Gasteiger partial charge on any atom is 0.337 e. The topological polar surface area (TPSA) is 79.3 Å². The van der Waals surface area contributed by atoms with Gasteiger partial charge in [-0.3, -0.25) is 9.36 Å². The van der Waals surface area contributed by atoms with E-state index in [0.29, 0.717) is 22.5 Å². The number of hydrogen-bond acceptors (Lipinski definition) is 5. The normalized spacial score (nSPS) is 10.9. The average Bonchev–Trinajstić information content (AvgIpc) is 3.14. The molecule has 0 saturated carbocycles. The van der Waals surface area contributed by atoms with E-state index in [1.807, 2.05) is 24.3 Å². The van der Waals surface area contributed by atoms with Crippen molar-refractivity contribution in [2.24, 2.45) is 0 Å². The lowest BCUT2D eigenvalue weighted by atomic mass is 10.1. The van der Waals surface area contributed by atoms with Crippen LogP contribution in [0.15, 0.2) is 75.4 Å². The largest absolute Gasteiger partial charge is 0.497 e. The molecular weight excluding hydrogens is 358 g/mol. The average molecular weight is 375 g/mol. The predicted octanol–water partition coefficient (Wildman–Crippen LogP) is 2.84. The lowest BCUT2D eigenvalue weighted by Crippen LogP contribution is -2.38. The van der Waals surface area contributed by atoms with Gasteiger partial charge in [0.1, 0.15) is 5.75 Å². The van der Waals surface area contributed by atoms with Crippen LogP contribution in [0.5, 0.6) is 5.75 Å². The van der Waals surface area contributed by atoms with Crippen LogP contribution in [0.2, 0.25) is 0 Å². The van der Waals surface area contributed by atoms with Crippen LogP contribution in [-0.2, 0) is 6.54 Å². The second-order valence-electron chi connectivity index (χ2n) is 6.21. The number of methoxy groups -OCH3 is 1. The lowest BCUT2D eigenvalue weighted by molar-refractivity contribution is 0.414. The molecule has 0 saturated heterocycles. The second kappa shape index (κ2) is 7.03. The third kappa shape index (κ3) is 3.03. The highest BCUT2D eigenvalue weighted by Crippen LogP contribution is 2.22. The minimum Gasteiger partial charge on any atom is -0.497 e. The molecule has 28 heavy (non-hydrogen) atoms. The van der Waals surface area contributed by atoms with Gasteiger partial charge in [0.15, 0.2) is 11.4 Å². The third-order valence-corrected chi connectivity index (χ3v) is 4.51. The Hall–Kier alpha value is -3.87. The minimum atomic E-state index is -0.498. The van der Waals surface area contributed by atoms with Crippen LogP contribution < -0.4 is 16.0 Å². The summed E-state index contributed by atoms with van der Waals surface area (Å²) >= 11 is 0. The summed E-state index contributed by atoms with van der Waals surface area (Å²) in [6.07, 6.45) is 3.11. The Morgan fingerprint density at radius 3 is 2.64 bits per heavy atom. The zero-order chi connectivity index (χ0) is 19.7. The number of aromatic nitrogens is 3. The van der Waals surface area contributed by atoms with Crippen molar-refractivity contribution in [3.8, 4) is 11.6 Å². The van der Waals surface area contributed by atoms with Gasteiger partial charge in [-0.25, -0.2) is 9.36 Å². The molecule has 0 fully saturated rings. The summed E-state index contributed by atoms with van der Waals surface area (Å²) in [5.41, 5.74) is 1.33. The van der Waals surface area contributed by atoms with Crippen LogP contribution in [0.4, 0.5) is 0 Å². The fourth-order valence-corrected chi connectivity index (χ4v) is 2.98. The Morgan fingerprint density at radius 2 is 1.93 bits per heavy atom. The molecule has 2 aromatic carbocycles.